The third-order valence-electron chi connectivity index (χ3n) is 5.03. The van der Waals surface area contributed by atoms with Crippen LogP contribution in [0.2, 0.25) is 0 Å². The lowest BCUT2D eigenvalue weighted by atomic mass is 10.2. The van der Waals surface area contributed by atoms with E-state index in [-0.39, 0.29) is 23.8 Å². The molecule has 1 fully saturated rings. The van der Waals surface area contributed by atoms with Crippen molar-refractivity contribution in [2.24, 2.45) is 0 Å². The molecule has 2 aromatic heterocycles. The van der Waals surface area contributed by atoms with Crippen molar-refractivity contribution >= 4 is 17.7 Å². The van der Waals surface area contributed by atoms with E-state index in [4.69, 9.17) is 13.9 Å². The zero-order chi connectivity index (χ0) is 21.6. The molecule has 0 aliphatic carbocycles. The predicted octanol–water partition coefficient (Wildman–Crippen LogP) is 3.46. The fourth-order valence-electron chi connectivity index (χ4n) is 3.36. The number of esters is 1. The van der Waals surface area contributed by atoms with Gasteiger partial charge in [0.05, 0.1) is 6.26 Å². The van der Waals surface area contributed by atoms with Crippen LogP contribution in [-0.2, 0) is 11.3 Å². The molecule has 4 rings (SSSR count). The van der Waals surface area contributed by atoms with Gasteiger partial charge in [-0.25, -0.2) is 4.79 Å². The van der Waals surface area contributed by atoms with Crippen molar-refractivity contribution in [3.63, 3.8) is 0 Å². The van der Waals surface area contributed by atoms with Crippen molar-refractivity contribution in [3.8, 4) is 5.75 Å². The van der Waals surface area contributed by atoms with E-state index in [1.165, 1.54) is 18.5 Å². The Hall–Kier alpha value is -3.81. The number of benzene rings is 1. The maximum Gasteiger partial charge on any atom is 0.375 e. The minimum absolute atomic E-state index is 0.0114. The predicted molar refractivity (Wildman–Crippen MR) is 110 cm³/mol. The molecule has 1 N–H and O–H groups in total. The van der Waals surface area contributed by atoms with Crippen LogP contribution < -0.4 is 4.74 Å². The number of ether oxygens (including phenoxy) is 2. The molecule has 0 unspecified atom stereocenters. The maximum atomic E-state index is 12.4. The van der Waals surface area contributed by atoms with Gasteiger partial charge in [0.25, 0.3) is 5.91 Å². The number of carbonyl (C=O) groups excluding carboxylic acids is 3. The van der Waals surface area contributed by atoms with Crippen LogP contribution in [0.3, 0.4) is 0 Å². The summed E-state index contributed by atoms with van der Waals surface area (Å²) in [6, 6.07) is 12.3. The summed E-state index contributed by atoms with van der Waals surface area (Å²) >= 11 is 0. The Bertz CT molecular complexity index is 1060. The molecule has 31 heavy (non-hydrogen) atoms. The Morgan fingerprint density at radius 2 is 1.84 bits per heavy atom. The van der Waals surface area contributed by atoms with Gasteiger partial charge in [0.2, 0.25) is 11.5 Å². The van der Waals surface area contributed by atoms with Crippen LogP contribution in [-0.4, -0.2) is 47.2 Å². The molecule has 1 amide bonds. The van der Waals surface area contributed by atoms with E-state index in [0.29, 0.717) is 17.0 Å². The van der Waals surface area contributed by atoms with Gasteiger partial charge in [-0.3, -0.25) is 9.59 Å². The maximum absolute atomic E-state index is 12.4. The molecule has 3 heterocycles. The lowest BCUT2D eigenvalue weighted by Crippen LogP contribution is -2.27. The average Bonchev–Trinajstić information content (AvgIpc) is 3.57. The Labute approximate surface area is 178 Å². The quantitative estimate of drug-likeness (QED) is 0.441. The minimum atomic E-state index is -0.756. The first-order valence-electron chi connectivity index (χ1n) is 10.0. The number of aromatic amines is 1. The summed E-state index contributed by atoms with van der Waals surface area (Å²) in [5.41, 5.74) is 1.15. The van der Waals surface area contributed by atoms with Gasteiger partial charge in [-0.2, -0.15) is 0 Å². The summed E-state index contributed by atoms with van der Waals surface area (Å²) in [7, 11) is 0. The summed E-state index contributed by atoms with van der Waals surface area (Å²) in [6.07, 6.45) is 4.79. The molecular weight excluding hydrogens is 400 g/mol. The molecule has 1 aliphatic rings. The Balaban J connectivity index is 1.31. The number of carbonyl (C=O) groups is 3. The lowest BCUT2D eigenvalue weighted by Gasteiger charge is -2.13. The summed E-state index contributed by atoms with van der Waals surface area (Å²) in [5.74, 6) is -0.660. The number of H-pyrrole nitrogens is 1. The van der Waals surface area contributed by atoms with Gasteiger partial charge in [-0.1, -0.05) is 18.2 Å². The number of ketones is 1. The molecule has 1 aromatic carbocycles. The van der Waals surface area contributed by atoms with Crippen LogP contribution in [0.1, 0.15) is 49.8 Å². The van der Waals surface area contributed by atoms with Gasteiger partial charge < -0.3 is 23.8 Å². The van der Waals surface area contributed by atoms with Crippen LogP contribution >= 0.6 is 0 Å². The third kappa shape index (κ3) is 4.85. The van der Waals surface area contributed by atoms with E-state index in [2.05, 4.69) is 4.98 Å². The number of aromatic nitrogens is 1. The summed E-state index contributed by atoms with van der Waals surface area (Å²) in [5, 5.41) is 0. The molecule has 1 saturated heterocycles. The van der Waals surface area contributed by atoms with Gasteiger partial charge in [0, 0.05) is 30.4 Å². The highest BCUT2D eigenvalue weighted by Gasteiger charge is 2.23. The van der Waals surface area contributed by atoms with E-state index in [1.54, 1.807) is 23.1 Å². The molecule has 0 spiro atoms. The van der Waals surface area contributed by atoms with Gasteiger partial charge >= 0.3 is 5.97 Å². The van der Waals surface area contributed by atoms with Crippen LogP contribution in [0.25, 0.3) is 0 Å². The van der Waals surface area contributed by atoms with Crippen molar-refractivity contribution in [3.05, 3.63) is 77.5 Å². The highest BCUT2D eigenvalue weighted by Crippen LogP contribution is 2.17. The molecule has 0 radical (unpaired) electrons. The molecular formula is C23H22N2O6. The number of hydrogen-bond donors (Lipinski definition) is 1. The van der Waals surface area contributed by atoms with Crippen LogP contribution in [0.4, 0.5) is 0 Å². The number of nitrogens with zero attached hydrogens (tertiary/aromatic N) is 1. The number of rotatable bonds is 8. The van der Waals surface area contributed by atoms with Crippen LogP contribution in [0.5, 0.6) is 5.75 Å². The SMILES string of the molecule is O=C(COC(=O)c1occc1COc1ccccc1)c1c[nH]c(C(=O)N2CCCC2)c1. The second-order valence-electron chi connectivity index (χ2n) is 7.18. The summed E-state index contributed by atoms with van der Waals surface area (Å²) in [6.45, 7) is 1.10. The number of likely N-dealkylation sites (tertiary alicyclic amines) is 1. The molecule has 160 valence electrons. The first-order chi connectivity index (χ1) is 15.1. The topological polar surface area (TPSA) is 102 Å². The molecule has 3 aromatic rings. The van der Waals surface area contributed by atoms with Crippen LogP contribution in [0.15, 0.2) is 59.3 Å². The smallest absolute Gasteiger partial charge is 0.375 e. The van der Waals surface area contributed by atoms with Crippen LogP contribution in [0, 0.1) is 0 Å². The summed E-state index contributed by atoms with van der Waals surface area (Å²) in [4.78, 5) is 41.7. The zero-order valence-corrected chi connectivity index (χ0v) is 16.8. The standard InChI is InChI=1S/C23H22N2O6/c26-20(17-12-19(24-13-17)22(27)25-9-4-5-10-25)15-31-23(28)21-16(8-11-29-21)14-30-18-6-2-1-3-7-18/h1-3,6-8,11-13,24H,4-5,9-10,14-15H2. The lowest BCUT2D eigenvalue weighted by molar-refractivity contribution is 0.0440. The molecule has 0 saturated carbocycles. The van der Waals surface area contributed by atoms with Crippen molar-refractivity contribution < 1.29 is 28.3 Å². The fraction of sp³-hybridized carbons (Fsp3) is 0.261. The Morgan fingerprint density at radius 1 is 1.06 bits per heavy atom. The highest BCUT2D eigenvalue weighted by atomic mass is 16.5. The molecule has 1 aliphatic heterocycles. The monoisotopic (exact) mass is 422 g/mol. The molecule has 0 atom stereocenters. The van der Waals surface area contributed by atoms with Gasteiger partial charge in [0.1, 0.15) is 18.1 Å². The number of Topliss-reactive ketones (excluding diaryl/α,β-unsaturated/α-hetero) is 1. The number of hydrogen-bond acceptors (Lipinski definition) is 6. The van der Waals surface area contributed by atoms with Crippen molar-refractivity contribution in [1.82, 2.24) is 9.88 Å². The van der Waals surface area contributed by atoms with Crippen molar-refractivity contribution in [2.45, 2.75) is 19.4 Å². The van der Waals surface area contributed by atoms with Crippen molar-refractivity contribution in [1.29, 1.82) is 0 Å². The first kappa shape index (κ1) is 20.5. The van der Waals surface area contributed by atoms with E-state index in [0.717, 1.165) is 25.9 Å². The average molecular weight is 422 g/mol. The minimum Gasteiger partial charge on any atom is -0.489 e. The fourth-order valence-corrected chi connectivity index (χ4v) is 3.36. The van der Waals surface area contributed by atoms with E-state index in [9.17, 15) is 14.4 Å². The molecule has 8 heteroatoms. The van der Waals surface area contributed by atoms with Gasteiger partial charge in [0.15, 0.2) is 6.61 Å². The van der Waals surface area contributed by atoms with Gasteiger partial charge in [-0.05, 0) is 37.1 Å². The van der Waals surface area contributed by atoms with Crippen molar-refractivity contribution in [2.75, 3.05) is 19.7 Å². The second kappa shape index (κ2) is 9.34. The highest BCUT2D eigenvalue weighted by molar-refractivity contribution is 6.02. The van der Waals surface area contributed by atoms with Gasteiger partial charge in [-0.15, -0.1) is 0 Å². The number of amides is 1. The third-order valence-corrected chi connectivity index (χ3v) is 5.03. The zero-order valence-electron chi connectivity index (χ0n) is 16.8. The molecule has 8 nitrogen and oxygen atoms in total. The largest absolute Gasteiger partial charge is 0.489 e. The normalized spacial score (nSPS) is 13.2. The summed E-state index contributed by atoms with van der Waals surface area (Å²) < 4.78 is 16.0. The number of furan rings is 1. The Morgan fingerprint density at radius 3 is 2.61 bits per heavy atom. The number of para-hydroxylation sites is 1. The van der Waals surface area contributed by atoms with E-state index in [1.807, 2.05) is 18.2 Å². The Kier molecular flexibility index (Phi) is 6.16. The number of nitrogens with one attached hydrogen (secondary N) is 1. The molecule has 0 bridgehead atoms. The van der Waals surface area contributed by atoms with E-state index < -0.39 is 18.4 Å². The first-order valence-corrected chi connectivity index (χ1v) is 10.0. The van der Waals surface area contributed by atoms with E-state index >= 15 is 0 Å². The second-order valence-corrected chi connectivity index (χ2v) is 7.18.